The Morgan fingerprint density at radius 3 is 2.38 bits per heavy atom. The molecule has 1 heterocycles. The van der Waals surface area contributed by atoms with E-state index >= 15 is 0 Å². The molecule has 1 fully saturated rings. The lowest BCUT2D eigenvalue weighted by molar-refractivity contribution is -0.142. The number of carbonyl (C=O) groups excluding carboxylic acids is 2. The van der Waals surface area contributed by atoms with Gasteiger partial charge in [0.15, 0.2) is 5.78 Å². The zero-order chi connectivity index (χ0) is 15.2. The molecular weight excluding hydrogens is 292 g/mol. The summed E-state index contributed by atoms with van der Waals surface area (Å²) in [5, 5.41) is 6.72. The Bertz CT molecular complexity index is 559. The minimum absolute atomic E-state index is 0.0648. The molecule has 2 rings (SSSR count). The number of ketones is 1. The Morgan fingerprint density at radius 2 is 1.81 bits per heavy atom. The third-order valence-corrected chi connectivity index (χ3v) is 3.29. The molecule has 0 amide bonds. The molecule has 0 unspecified atom stereocenters. The molecule has 0 bridgehead atoms. The highest BCUT2D eigenvalue weighted by Crippen LogP contribution is 2.18. The average Bonchev–Trinajstić information content (AvgIpc) is 2.99. The Morgan fingerprint density at radius 1 is 1.19 bits per heavy atom. The van der Waals surface area contributed by atoms with Gasteiger partial charge in [0.2, 0.25) is 0 Å². The predicted molar refractivity (Wildman–Crippen MR) is 80.1 cm³/mol. The molecule has 0 spiro atoms. The van der Waals surface area contributed by atoms with Gasteiger partial charge < -0.3 is 15.4 Å². The predicted octanol–water partition coefficient (Wildman–Crippen LogP) is 1.88. The lowest BCUT2D eigenvalue weighted by atomic mass is 10.0. The van der Waals surface area contributed by atoms with E-state index in [4.69, 9.17) is 16.3 Å². The zero-order valence-electron chi connectivity index (χ0n) is 11.7. The second-order valence-electron chi connectivity index (χ2n) is 4.52. The van der Waals surface area contributed by atoms with Crippen molar-refractivity contribution in [2.75, 3.05) is 19.7 Å². The number of ether oxygens (including phenoxy) is 1. The van der Waals surface area contributed by atoms with Crippen molar-refractivity contribution in [3.63, 3.8) is 0 Å². The molecule has 6 heteroatoms. The van der Waals surface area contributed by atoms with E-state index in [0.717, 1.165) is 13.1 Å². The Labute approximate surface area is 128 Å². The van der Waals surface area contributed by atoms with E-state index in [1.807, 2.05) is 0 Å². The van der Waals surface area contributed by atoms with Crippen molar-refractivity contribution in [3.05, 3.63) is 46.2 Å². The van der Waals surface area contributed by atoms with Gasteiger partial charge in [-0.25, -0.2) is 0 Å². The maximum atomic E-state index is 12.6. The Balaban J connectivity index is 2.26. The molecular formula is C15H17ClN2O3. The second-order valence-corrected chi connectivity index (χ2v) is 4.96. The first kappa shape index (κ1) is 15.4. The van der Waals surface area contributed by atoms with Crippen LogP contribution in [0.5, 0.6) is 0 Å². The van der Waals surface area contributed by atoms with Crippen molar-refractivity contribution in [1.82, 2.24) is 10.6 Å². The van der Waals surface area contributed by atoms with Crippen molar-refractivity contribution < 1.29 is 14.3 Å². The number of rotatable bonds is 5. The number of halogens is 1. The summed E-state index contributed by atoms with van der Waals surface area (Å²) in [6.45, 7) is 3.46. The maximum absolute atomic E-state index is 12.6. The van der Waals surface area contributed by atoms with E-state index in [9.17, 15) is 9.59 Å². The van der Waals surface area contributed by atoms with Crippen molar-refractivity contribution in [3.8, 4) is 0 Å². The third-order valence-electron chi connectivity index (χ3n) is 3.04. The van der Waals surface area contributed by atoms with Crippen LogP contribution in [0, 0.1) is 0 Å². The van der Waals surface area contributed by atoms with Crippen LogP contribution < -0.4 is 10.6 Å². The fraction of sp³-hybridized carbons (Fsp3) is 0.333. The van der Waals surface area contributed by atoms with Crippen molar-refractivity contribution in [2.24, 2.45) is 0 Å². The van der Waals surface area contributed by atoms with Gasteiger partial charge in [0.05, 0.1) is 18.6 Å². The summed E-state index contributed by atoms with van der Waals surface area (Å²) in [5.41, 5.74) is 0.870. The first-order valence-electron chi connectivity index (χ1n) is 6.78. The second kappa shape index (κ2) is 7.13. The fourth-order valence-corrected chi connectivity index (χ4v) is 2.19. The topological polar surface area (TPSA) is 67.4 Å². The molecule has 0 atom stereocenters. The fourth-order valence-electron chi connectivity index (χ4n) is 2.06. The van der Waals surface area contributed by atoms with Crippen molar-refractivity contribution in [2.45, 2.75) is 13.3 Å². The minimum atomic E-state index is -0.419. The van der Waals surface area contributed by atoms with Gasteiger partial charge in [-0.1, -0.05) is 11.6 Å². The van der Waals surface area contributed by atoms with Crippen LogP contribution >= 0.6 is 11.6 Å². The van der Waals surface area contributed by atoms with E-state index in [1.54, 1.807) is 31.2 Å². The lowest BCUT2D eigenvalue weighted by Crippen LogP contribution is -2.21. The minimum Gasteiger partial charge on any atom is -0.466 e. The van der Waals surface area contributed by atoms with Crippen LogP contribution in [0.2, 0.25) is 5.02 Å². The van der Waals surface area contributed by atoms with Gasteiger partial charge in [-0.05, 0) is 31.2 Å². The van der Waals surface area contributed by atoms with Crippen LogP contribution in [0.3, 0.4) is 0 Å². The molecule has 1 saturated heterocycles. The van der Waals surface area contributed by atoms with Crippen molar-refractivity contribution >= 4 is 23.4 Å². The number of Topliss-reactive ketones (excluding diaryl/α,β-unsaturated/α-hetero) is 1. The zero-order valence-corrected chi connectivity index (χ0v) is 12.5. The first-order valence-corrected chi connectivity index (χ1v) is 7.16. The van der Waals surface area contributed by atoms with Gasteiger partial charge in [-0.2, -0.15) is 0 Å². The molecule has 0 aromatic heterocycles. The lowest BCUT2D eigenvalue weighted by Gasteiger charge is -2.11. The van der Waals surface area contributed by atoms with Crippen LogP contribution in [-0.4, -0.2) is 31.4 Å². The molecule has 112 valence electrons. The molecule has 0 radical (unpaired) electrons. The van der Waals surface area contributed by atoms with E-state index < -0.39 is 5.97 Å². The van der Waals surface area contributed by atoms with E-state index in [1.165, 1.54) is 0 Å². The number of carbonyl (C=O) groups is 2. The highest BCUT2D eigenvalue weighted by atomic mass is 35.5. The third kappa shape index (κ3) is 3.98. The maximum Gasteiger partial charge on any atom is 0.310 e. The van der Waals surface area contributed by atoms with Gasteiger partial charge in [0.25, 0.3) is 0 Å². The summed E-state index contributed by atoms with van der Waals surface area (Å²) in [5.74, 6) is -0.0302. The van der Waals surface area contributed by atoms with Crippen molar-refractivity contribution in [1.29, 1.82) is 0 Å². The molecule has 1 aliphatic heterocycles. The normalized spacial score (nSPS) is 13.3. The highest BCUT2D eigenvalue weighted by molar-refractivity contribution is 6.30. The van der Waals surface area contributed by atoms with Gasteiger partial charge in [-0.3, -0.25) is 9.59 Å². The standard InChI is InChI=1S/C15H17ClN2O3/c1-2-21-13(19)9-12(15-17-7-8-18-15)14(20)10-3-5-11(16)6-4-10/h3-6,17-18H,2,7-9H2,1H3. The van der Waals surface area contributed by atoms with Crippen LogP contribution in [-0.2, 0) is 9.53 Å². The van der Waals surface area contributed by atoms with Crippen LogP contribution in [0.4, 0.5) is 0 Å². The average molecular weight is 309 g/mol. The number of hydrogen-bond acceptors (Lipinski definition) is 5. The van der Waals surface area contributed by atoms with E-state index in [0.29, 0.717) is 22.0 Å². The monoisotopic (exact) mass is 308 g/mol. The Hall–Kier alpha value is -2.01. The number of esters is 1. The number of nitrogens with one attached hydrogen (secondary N) is 2. The van der Waals surface area contributed by atoms with Gasteiger partial charge in [0, 0.05) is 23.7 Å². The number of hydrogen-bond donors (Lipinski definition) is 2. The summed E-state index contributed by atoms with van der Waals surface area (Å²) in [6.07, 6.45) is -0.0648. The smallest absolute Gasteiger partial charge is 0.310 e. The molecule has 1 aromatic carbocycles. The van der Waals surface area contributed by atoms with Crippen LogP contribution in [0.15, 0.2) is 35.7 Å². The summed E-state index contributed by atoms with van der Waals surface area (Å²) in [7, 11) is 0. The van der Waals surface area contributed by atoms with Gasteiger partial charge in [-0.15, -0.1) is 0 Å². The summed E-state index contributed by atoms with van der Waals surface area (Å²) >= 11 is 5.83. The van der Waals surface area contributed by atoms with Crippen LogP contribution in [0.1, 0.15) is 23.7 Å². The quantitative estimate of drug-likeness (QED) is 0.494. The summed E-state index contributed by atoms with van der Waals surface area (Å²) in [4.78, 5) is 24.3. The SMILES string of the molecule is CCOC(=O)CC(C(=O)c1ccc(Cl)cc1)=C1NCCN1. The van der Waals surface area contributed by atoms with E-state index in [-0.39, 0.29) is 18.8 Å². The molecule has 5 nitrogen and oxygen atoms in total. The molecule has 0 saturated carbocycles. The molecule has 1 aliphatic rings. The summed E-state index contributed by atoms with van der Waals surface area (Å²) < 4.78 is 4.94. The van der Waals surface area contributed by atoms with Crippen LogP contribution in [0.25, 0.3) is 0 Å². The molecule has 1 aromatic rings. The van der Waals surface area contributed by atoms with Gasteiger partial charge in [0.1, 0.15) is 5.82 Å². The first-order chi connectivity index (χ1) is 10.1. The molecule has 21 heavy (non-hydrogen) atoms. The van der Waals surface area contributed by atoms with E-state index in [2.05, 4.69) is 10.6 Å². The molecule has 2 N–H and O–H groups in total. The number of benzene rings is 1. The van der Waals surface area contributed by atoms with Gasteiger partial charge >= 0.3 is 5.97 Å². The summed E-state index contributed by atoms with van der Waals surface area (Å²) in [6, 6.07) is 6.59. The largest absolute Gasteiger partial charge is 0.466 e. The molecule has 0 aliphatic carbocycles. The highest BCUT2D eigenvalue weighted by Gasteiger charge is 2.23. The Kier molecular flexibility index (Phi) is 5.22.